The average molecular weight is 140 g/mol. The Kier molecular flexibility index (Phi) is 2.72. The van der Waals surface area contributed by atoms with E-state index in [-0.39, 0.29) is 0 Å². The molecule has 2 nitrogen and oxygen atoms in total. The van der Waals surface area contributed by atoms with Gasteiger partial charge in [0.2, 0.25) is 0 Å². The second-order valence-corrected chi connectivity index (χ2v) is 2.57. The summed E-state index contributed by atoms with van der Waals surface area (Å²) in [5, 5.41) is 0. The van der Waals surface area contributed by atoms with E-state index in [1.807, 2.05) is 0 Å². The topological polar surface area (TPSA) is 15.6 Å². The van der Waals surface area contributed by atoms with Gasteiger partial charge in [-0.15, -0.1) is 0 Å². The van der Waals surface area contributed by atoms with E-state index < -0.39 is 0 Å². The molecule has 0 aromatic carbocycles. The van der Waals surface area contributed by atoms with Crippen molar-refractivity contribution >= 4 is 5.84 Å². The van der Waals surface area contributed by atoms with Crippen molar-refractivity contribution in [2.45, 2.75) is 26.7 Å². The SMILES string of the molecule is CCN(CC)C1=NCCC1. The van der Waals surface area contributed by atoms with Crippen LogP contribution in [0.1, 0.15) is 26.7 Å². The third kappa shape index (κ3) is 1.49. The minimum absolute atomic E-state index is 1.05. The van der Waals surface area contributed by atoms with Crippen molar-refractivity contribution in [1.82, 2.24) is 4.90 Å². The quantitative estimate of drug-likeness (QED) is 0.568. The Morgan fingerprint density at radius 1 is 1.40 bits per heavy atom. The van der Waals surface area contributed by atoms with Gasteiger partial charge in [-0.3, -0.25) is 4.99 Å². The molecule has 10 heavy (non-hydrogen) atoms. The van der Waals surface area contributed by atoms with E-state index in [1.165, 1.54) is 18.7 Å². The monoisotopic (exact) mass is 140 g/mol. The second kappa shape index (κ2) is 3.59. The summed E-state index contributed by atoms with van der Waals surface area (Å²) in [6.07, 6.45) is 2.45. The minimum atomic E-state index is 1.05. The van der Waals surface area contributed by atoms with Gasteiger partial charge in [0.05, 0.1) is 5.84 Å². The summed E-state index contributed by atoms with van der Waals surface area (Å²) >= 11 is 0. The summed E-state index contributed by atoms with van der Waals surface area (Å²) in [4.78, 5) is 6.76. The molecule has 0 fully saturated rings. The summed E-state index contributed by atoms with van der Waals surface area (Å²) in [5.74, 6) is 1.32. The maximum Gasteiger partial charge on any atom is 0.0989 e. The third-order valence-electron chi connectivity index (χ3n) is 1.98. The van der Waals surface area contributed by atoms with Gasteiger partial charge in [0, 0.05) is 26.1 Å². The first-order valence-corrected chi connectivity index (χ1v) is 4.16. The van der Waals surface area contributed by atoms with Gasteiger partial charge in [-0.25, -0.2) is 0 Å². The Bertz CT molecular complexity index is 125. The summed E-state index contributed by atoms with van der Waals surface area (Å²) in [6.45, 7) is 7.63. The molecule has 0 saturated heterocycles. The maximum absolute atomic E-state index is 4.42. The highest BCUT2D eigenvalue weighted by Crippen LogP contribution is 2.07. The van der Waals surface area contributed by atoms with Gasteiger partial charge in [-0.05, 0) is 20.3 Å². The molecule has 0 N–H and O–H groups in total. The van der Waals surface area contributed by atoms with Crippen LogP contribution in [0.3, 0.4) is 0 Å². The lowest BCUT2D eigenvalue weighted by Gasteiger charge is -2.19. The standard InChI is InChI=1S/C8H16N2/c1-3-10(4-2)8-6-5-7-9-8/h3-7H2,1-2H3. The lowest BCUT2D eigenvalue weighted by Crippen LogP contribution is -2.28. The molecule has 0 atom stereocenters. The zero-order valence-electron chi connectivity index (χ0n) is 6.93. The molecule has 0 aromatic rings. The van der Waals surface area contributed by atoms with E-state index in [0.717, 1.165) is 19.6 Å². The number of amidine groups is 1. The molecule has 0 aliphatic carbocycles. The molecule has 0 saturated carbocycles. The molecule has 0 aromatic heterocycles. The molecule has 58 valence electrons. The first-order chi connectivity index (χ1) is 4.88. The maximum atomic E-state index is 4.42. The molecule has 1 aliphatic heterocycles. The Balaban J connectivity index is 2.44. The molecule has 1 rings (SSSR count). The van der Waals surface area contributed by atoms with E-state index in [4.69, 9.17) is 0 Å². The first kappa shape index (κ1) is 7.58. The van der Waals surface area contributed by atoms with Crippen LogP contribution < -0.4 is 0 Å². The van der Waals surface area contributed by atoms with Crippen molar-refractivity contribution in [3.63, 3.8) is 0 Å². The molecular weight excluding hydrogens is 124 g/mol. The number of hydrogen-bond acceptors (Lipinski definition) is 2. The fraction of sp³-hybridized carbons (Fsp3) is 0.875. The summed E-state index contributed by atoms with van der Waals surface area (Å²) in [5.41, 5.74) is 0. The number of nitrogens with zero attached hydrogens (tertiary/aromatic N) is 2. The van der Waals surface area contributed by atoms with Crippen LogP contribution in [0.4, 0.5) is 0 Å². The Morgan fingerprint density at radius 2 is 2.10 bits per heavy atom. The van der Waals surface area contributed by atoms with E-state index in [1.54, 1.807) is 0 Å². The van der Waals surface area contributed by atoms with Gasteiger partial charge in [-0.1, -0.05) is 0 Å². The highest BCUT2D eigenvalue weighted by Gasteiger charge is 2.10. The first-order valence-electron chi connectivity index (χ1n) is 4.16. The molecular formula is C8H16N2. The fourth-order valence-electron chi connectivity index (χ4n) is 1.37. The third-order valence-corrected chi connectivity index (χ3v) is 1.98. The molecule has 0 bridgehead atoms. The van der Waals surface area contributed by atoms with Gasteiger partial charge in [-0.2, -0.15) is 0 Å². The zero-order valence-corrected chi connectivity index (χ0v) is 6.93. The second-order valence-electron chi connectivity index (χ2n) is 2.57. The highest BCUT2D eigenvalue weighted by atomic mass is 15.2. The Hall–Kier alpha value is -0.530. The normalized spacial score (nSPS) is 17.2. The van der Waals surface area contributed by atoms with E-state index in [9.17, 15) is 0 Å². The van der Waals surface area contributed by atoms with Crippen LogP contribution in [-0.4, -0.2) is 30.4 Å². The Morgan fingerprint density at radius 3 is 2.50 bits per heavy atom. The Labute approximate surface area is 62.9 Å². The van der Waals surface area contributed by atoms with Crippen molar-refractivity contribution in [1.29, 1.82) is 0 Å². The van der Waals surface area contributed by atoms with Crippen LogP contribution in [0.15, 0.2) is 4.99 Å². The van der Waals surface area contributed by atoms with E-state index in [0.29, 0.717) is 0 Å². The van der Waals surface area contributed by atoms with Gasteiger partial charge >= 0.3 is 0 Å². The van der Waals surface area contributed by atoms with Crippen molar-refractivity contribution < 1.29 is 0 Å². The zero-order chi connectivity index (χ0) is 7.40. The summed E-state index contributed by atoms with van der Waals surface area (Å²) < 4.78 is 0. The molecule has 0 spiro atoms. The van der Waals surface area contributed by atoms with Crippen LogP contribution in [0.25, 0.3) is 0 Å². The van der Waals surface area contributed by atoms with Crippen LogP contribution in [-0.2, 0) is 0 Å². The van der Waals surface area contributed by atoms with Crippen LogP contribution >= 0.6 is 0 Å². The molecule has 1 aliphatic rings. The number of rotatable bonds is 2. The number of aliphatic imine (C=N–C) groups is 1. The van der Waals surface area contributed by atoms with Crippen molar-refractivity contribution in [3.8, 4) is 0 Å². The molecule has 2 heteroatoms. The summed E-state index contributed by atoms with van der Waals surface area (Å²) in [7, 11) is 0. The smallest absolute Gasteiger partial charge is 0.0989 e. The van der Waals surface area contributed by atoms with Gasteiger partial charge in [0.25, 0.3) is 0 Å². The van der Waals surface area contributed by atoms with Crippen LogP contribution in [0.5, 0.6) is 0 Å². The van der Waals surface area contributed by atoms with Crippen LogP contribution in [0, 0.1) is 0 Å². The van der Waals surface area contributed by atoms with Gasteiger partial charge in [0.1, 0.15) is 0 Å². The van der Waals surface area contributed by atoms with Crippen molar-refractivity contribution in [3.05, 3.63) is 0 Å². The fourth-order valence-corrected chi connectivity index (χ4v) is 1.37. The van der Waals surface area contributed by atoms with Crippen LogP contribution in [0.2, 0.25) is 0 Å². The molecule has 1 heterocycles. The van der Waals surface area contributed by atoms with Crippen molar-refractivity contribution in [2.24, 2.45) is 4.99 Å². The lowest BCUT2D eigenvalue weighted by atomic mass is 10.3. The molecule has 0 unspecified atom stereocenters. The predicted molar refractivity (Wildman–Crippen MR) is 44.5 cm³/mol. The number of hydrogen-bond donors (Lipinski definition) is 0. The summed E-state index contributed by atoms with van der Waals surface area (Å²) in [6, 6.07) is 0. The lowest BCUT2D eigenvalue weighted by molar-refractivity contribution is 0.459. The largest absolute Gasteiger partial charge is 0.361 e. The minimum Gasteiger partial charge on any atom is -0.361 e. The molecule has 0 amide bonds. The van der Waals surface area contributed by atoms with Gasteiger partial charge in [0.15, 0.2) is 0 Å². The predicted octanol–water partition coefficient (Wildman–Crippen LogP) is 1.52. The van der Waals surface area contributed by atoms with E-state index in [2.05, 4.69) is 23.7 Å². The van der Waals surface area contributed by atoms with Gasteiger partial charge < -0.3 is 4.90 Å². The van der Waals surface area contributed by atoms with E-state index >= 15 is 0 Å². The van der Waals surface area contributed by atoms with Crippen molar-refractivity contribution in [2.75, 3.05) is 19.6 Å². The highest BCUT2D eigenvalue weighted by molar-refractivity contribution is 5.83. The molecule has 0 radical (unpaired) electrons. The average Bonchev–Trinajstić information content (AvgIpc) is 2.43.